The van der Waals surface area contributed by atoms with Crippen molar-refractivity contribution >= 4 is 23.3 Å². The fourth-order valence-corrected chi connectivity index (χ4v) is 2.34. The van der Waals surface area contributed by atoms with Crippen molar-refractivity contribution in [1.82, 2.24) is 4.90 Å². The van der Waals surface area contributed by atoms with Crippen LogP contribution >= 0.6 is 11.6 Å². The Morgan fingerprint density at radius 3 is 2.56 bits per heavy atom. The third-order valence-corrected chi connectivity index (χ3v) is 3.61. The molecule has 0 spiro atoms. The summed E-state index contributed by atoms with van der Waals surface area (Å²) in [6, 6.07) is 7.57. The number of benzene rings is 1. The maximum absolute atomic E-state index is 12.0. The molecule has 1 heterocycles. The van der Waals surface area contributed by atoms with Crippen LogP contribution in [0.5, 0.6) is 0 Å². The maximum atomic E-state index is 12.0. The van der Waals surface area contributed by atoms with Gasteiger partial charge in [-0.15, -0.1) is 0 Å². The number of halogens is 1. The lowest BCUT2D eigenvalue weighted by Gasteiger charge is -2.26. The summed E-state index contributed by atoms with van der Waals surface area (Å²) in [5, 5.41) is 0.708. The predicted octanol–water partition coefficient (Wildman–Crippen LogP) is 2.46. The van der Waals surface area contributed by atoms with Gasteiger partial charge in [-0.25, -0.2) is 0 Å². The summed E-state index contributed by atoms with van der Waals surface area (Å²) in [7, 11) is 0. The Morgan fingerprint density at radius 2 is 1.89 bits per heavy atom. The Hall–Kier alpha value is -1.35. The molecule has 3 nitrogen and oxygen atoms in total. The second-order valence-electron chi connectivity index (χ2n) is 4.51. The molecule has 0 N–H and O–H groups in total. The van der Waals surface area contributed by atoms with Crippen LogP contribution in [0.2, 0.25) is 5.02 Å². The van der Waals surface area contributed by atoms with Crippen LogP contribution in [0.3, 0.4) is 0 Å². The molecule has 18 heavy (non-hydrogen) atoms. The van der Waals surface area contributed by atoms with E-state index >= 15 is 0 Å². The van der Waals surface area contributed by atoms with E-state index in [9.17, 15) is 9.59 Å². The Kier molecular flexibility index (Phi) is 4.37. The molecule has 1 amide bonds. The molecule has 0 unspecified atom stereocenters. The van der Waals surface area contributed by atoms with Crippen molar-refractivity contribution in [3.05, 3.63) is 34.9 Å². The number of likely N-dealkylation sites (tertiary alicyclic amines) is 1. The first-order valence-electron chi connectivity index (χ1n) is 6.19. The number of hydrogen-bond acceptors (Lipinski definition) is 2. The number of Topliss-reactive ketones (excluding diaryl/α,β-unsaturated/α-hetero) is 1. The van der Waals surface area contributed by atoms with Crippen molar-refractivity contribution in [3.8, 4) is 0 Å². The second kappa shape index (κ2) is 6.01. The molecule has 0 radical (unpaired) electrons. The number of piperidine rings is 1. The first-order chi connectivity index (χ1) is 8.66. The van der Waals surface area contributed by atoms with Crippen LogP contribution < -0.4 is 0 Å². The van der Waals surface area contributed by atoms with Gasteiger partial charge in [-0.3, -0.25) is 9.59 Å². The number of rotatable bonds is 3. The van der Waals surface area contributed by atoms with Gasteiger partial charge in [0.25, 0.3) is 0 Å². The zero-order valence-corrected chi connectivity index (χ0v) is 10.9. The summed E-state index contributed by atoms with van der Waals surface area (Å²) in [5.74, 6) is 0.368. The van der Waals surface area contributed by atoms with Gasteiger partial charge in [0.1, 0.15) is 5.78 Å². The molecule has 1 aromatic carbocycles. The van der Waals surface area contributed by atoms with Gasteiger partial charge < -0.3 is 4.90 Å². The molecule has 0 aromatic heterocycles. The topological polar surface area (TPSA) is 37.4 Å². The Balaban J connectivity index is 1.85. The van der Waals surface area contributed by atoms with Crippen LogP contribution in [0, 0.1) is 0 Å². The molecule has 0 bridgehead atoms. The van der Waals surface area contributed by atoms with Crippen molar-refractivity contribution in [2.45, 2.75) is 25.7 Å². The van der Waals surface area contributed by atoms with Gasteiger partial charge in [-0.05, 0) is 18.1 Å². The average Bonchev–Trinajstić information content (AvgIpc) is 2.38. The highest BCUT2D eigenvalue weighted by molar-refractivity contribution is 6.31. The first kappa shape index (κ1) is 13.1. The molecule has 1 aliphatic heterocycles. The molecular formula is C14H16ClNO2. The van der Waals surface area contributed by atoms with Crippen molar-refractivity contribution in [2.75, 3.05) is 13.1 Å². The van der Waals surface area contributed by atoms with E-state index in [0.717, 1.165) is 5.56 Å². The Labute approximate surface area is 112 Å². The van der Waals surface area contributed by atoms with Gasteiger partial charge in [-0.2, -0.15) is 0 Å². The molecule has 1 aliphatic rings. The highest BCUT2D eigenvalue weighted by atomic mass is 35.5. The zero-order valence-electron chi connectivity index (χ0n) is 10.2. The monoisotopic (exact) mass is 265 g/mol. The summed E-state index contributed by atoms with van der Waals surface area (Å²) in [6.45, 7) is 1.14. The van der Waals surface area contributed by atoms with Crippen LogP contribution in [0.25, 0.3) is 0 Å². The molecule has 1 aromatic rings. The van der Waals surface area contributed by atoms with E-state index in [4.69, 9.17) is 11.6 Å². The Morgan fingerprint density at radius 1 is 1.22 bits per heavy atom. The molecule has 96 valence electrons. The number of ketones is 1. The van der Waals surface area contributed by atoms with Gasteiger partial charge in [0, 0.05) is 37.4 Å². The van der Waals surface area contributed by atoms with E-state index in [-0.39, 0.29) is 11.7 Å². The maximum Gasteiger partial charge on any atom is 0.222 e. The van der Waals surface area contributed by atoms with E-state index in [1.807, 2.05) is 24.3 Å². The van der Waals surface area contributed by atoms with Gasteiger partial charge in [-0.1, -0.05) is 29.8 Å². The summed E-state index contributed by atoms with van der Waals surface area (Å²) in [4.78, 5) is 24.8. The molecule has 1 saturated heterocycles. The lowest BCUT2D eigenvalue weighted by atomic mass is 10.1. The lowest BCUT2D eigenvalue weighted by Crippen LogP contribution is -2.38. The standard InChI is InChI=1S/C14H16ClNO2/c15-13-4-2-1-3-11(13)5-6-14(18)16-9-7-12(17)8-10-16/h1-4H,5-10H2. The van der Waals surface area contributed by atoms with Gasteiger partial charge >= 0.3 is 0 Å². The van der Waals surface area contributed by atoms with Gasteiger partial charge in [0.05, 0.1) is 0 Å². The molecule has 2 rings (SSSR count). The Bertz CT molecular complexity index is 449. The number of aryl methyl sites for hydroxylation is 1. The van der Waals surface area contributed by atoms with Crippen LogP contribution in [0.1, 0.15) is 24.8 Å². The number of amides is 1. The highest BCUT2D eigenvalue weighted by Crippen LogP contribution is 2.17. The summed E-state index contributed by atoms with van der Waals surface area (Å²) >= 11 is 6.04. The first-order valence-corrected chi connectivity index (χ1v) is 6.57. The summed E-state index contributed by atoms with van der Waals surface area (Å²) in [6.07, 6.45) is 2.11. The fraction of sp³-hybridized carbons (Fsp3) is 0.429. The van der Waals surface area contributed by atoms with Crippen LogP contribution in [-0.4, -0.2) is 29.7 Å². The third kappa shape index (κ3) is 3.33. The second-order valence-corrected chi connectivity index (χ2v) is 4.92. The zero-order chi connectivity index (χ0) is 13.0. The highest BCUT2D eigenvalue weighted by Gasteiger charge is 2.20. The molecular weight excluding hydrogens is 250 g/mol. The van der Waals surface area contributed by atoms with E-state index in [1.54, 1.807) is 4.90 Å². The van der Waals surface area contributed by atoms with Gasteiger partial charge in [0.15, 0.2) is 0 Å². The van der Waals surface area contributed by atoms with E-state index < -0.39 is 0 Å². The smallest absolute Gasteiger partial charge is 0.222 e. The van der Waals surface area contributed by atoms with Crippen molar-refractivity contribution < 1.29 is 9.59 Å². The molecule has 0 atom stereocenters. The van der Waals surface area contributed by atoms with Crippen LogP contribution in [0.15, 0.2) is 24.3 Å². The molecule has 0 aliphatic carbocycles. The van der Waals surface area contributed by atoms with Gasteiger partial charge in [0.2, 0.25) is 5.91 Å². The number of carbonyl (C=O) groups excluding carboxylic acids is 2. The number of nitrogens with zero attached hydrogens (tertiary/aromatic N) is 1. The summed E-state index contributed by atoms with van der Waals surface area (Å²) in [5.41, 5.74) is 1.00. The fourth-order valence-electron chi connectivity index (χ4n) is 2.11. The van der Waals surface area contributed by atoms with Crippen molar-refractivity contribution in [1.29, 1.82) is 0 Å². The molecule has 1 fully saturated rings. The minimum absolute atomic E-state index is 0.113. The van der Waals surface area contributed by atoms with E-state index in [0.29, 0.717) is 43.8 Å². The van der Waals surface area contributed by atoms with E-state index in [1.165, 1.54) is 0 Å². The van der Waals surface area contributed by atoms with Crippen LogP contribution in [0.4, 0.5) is 0 Å². The quantitative estimate of drug-likeness (QED) is 0.842. The average molecular weight is 266 g/mol. The molecule has 0 saturated carbocycles. The van der Waals surface area contributed by atoms with Crippen molar-refractivity contribution in [2.24, 2.45) is 0 Å². The normalized spacial score (nSPS) is 15.8. The number of carbonyl (C=O) groups is 2. The van der Waals surface area contributed by atoms with Crippen LogP contribution in [-0.2, 0) is 16.0 Å². The third-order valence-electron chi connectivity index (χ3n) is 3.24. The number of hydrogen-bond donors (Lipinski definition) is 0. The summed E-state index contributed by atoms with van der Waals surface area (Å²) < 4.78 is 0. The largest absolute Gasteiger partial charge is 0.342 e. The SMILES string of the molecule is O=C1CCN(C(=O)CCc2ccccc2Cl)CC1. The molecule has 4 heteroatoms. The minimum atomic E-state index is 0.113. The predicted molar refractivity (Wildman–Crippen MR) is 70.6 cm³/mol. The minimum Gasteiger partial charge on any atom is -0.342 e. The van der Waals surface area contributed by atoms with E-state index in [2.05, 4.69) is 0 Å². The van der Waals surface area contributed by atoms with Crippen molar-refractivity contribution in [3.63, 3.8) is 0 Å². The lowest BCUT2D eigenvalue weighted by molar-refractivity contribution is -0.134.